The first-order valence-corrected chi connectivity index (χ1v) is 6.53. The van der Waals surface area contributed by atoms with Crippen molar-refractivity contribution >= 4 is 12.0 Å². The van der Waals surface area contributed by atoms with Crippen molar-refractivity contribution in [3.8, 4) is 0 Å². The molecular formula is C15H22N2O3. The molecule has 0 fully saturated rings. The van der Waals surface area contributed by atoms with Crippen LogP contribution >= 0.6 is 0 Å². The van der Waals surface area contributed by atoms with Gasteiger partial charge in [-0.2, -0.15) is 0 Å². The van der Waals surface area contributed by atoms with E-state index in [1.165, 1.54) is 0 Å². The minimum absolute atomic E-state index is 0.370. The Morgan fingerprint density at radius 3 is 2.35 bits per heavy atom. The van der Waals surface area contributed by atoms with Crippen molar-refractivity contribution in [3.63, 3.8) is 0 Å². The molecule has 0 aliphatic heterocycles. The van der Waals surface area contributed by atoms with Gasteiger partial charge in [0.2, 0.25) is 0 Å². The standard InChI is InChI=1S/C15H22N2O3/c1-10-7-5-6-8-11(10)9-16-14(20)17-12(13(18)19)15(2,3)4/h5-8,12H,9H2,1-4H3,(H,18,19)(H2,16,17,20)/t12-/m0/s1. The van der Waals surface area contributed by atoms with Crippen LogP contribution in [0.3, 0.4) is 0 Å². The maximum Gasteiger partial charge on any atom is 0.326 e. The highest BCUT2D eigenvalue weighted by atomic mass is 16.4. The molecule has 0 spiro atoms. The summed E-state index contributed by atoms with van der Waals surface area (Å²) >= 11 is 0. The molecule has 0 unspecified atom stereocenters. The van der Waals surface area contributed by atoms with Gasteiger partial charge in [0.05, 0.1) is 0 Å². The van der Waals surface area contributed by atoms with Gasteiger partial charge < -0.3 is 15.7 Å². The Labute approximate surface area is 119 Å². The van der Waals surface area contributed by atoms with Gasteiger partial charge in [0.25, 0.3) is 0 Å². The molecule has 0 aliphatic carbocycles. The van der Waals surface area contributed by atoms with Crippen LogP contribution in [0.15, 0.2) is 24.3 Å². The molecule has 0 heterocycles. The number of carboxylic acids is 1. The van der Waals surface area contributed by atoms with Gasteiger partial charge in [0.15, 0.2) is 0 Å². The summed E-state index contributed by atoms with van der Waals surface area (Å²) in [6.45, 7) is 7.65. The van der Waals surface area contributed by atoms with Crippen LogP contribution in [0.4, 0.5) is 4.79 Å². The number of carbonyl (C=O) groups is 2. The number of hydrogen-bond donors (Lipinski definition) is 3. The molecule has 0 bridgehead atoms. The van der Waals surface area contributed by atoms with E-state index in [4.69, 9.17) is 5.11 Å². The number of carboxylic acid groups (broad SMARTS) is 1. The quantitative estimate of drug-likeness (QED) is 0.790. The largest absolute Gasteiger partial charge is 0.480 e. The molecule has 0 radical (unpaired) electrons. The molecule has 1 aromatic rings. The second-order valence-corrected chi connectivity index (χ2v) is 5.89. The zero-order valence-electron chi connectivity index (χ0n) is 12.4. The van der Waals surface area contributed by atoms with Gasteiger partial charge in [-0.3, -0.25) is 0 Å². The fourth-order valence-electron chi connectivity index (χ4n) is 1.81. The van der Waals surface area contributed by atoms with Crippen molar-refractivity contribution in [2.75, 3.05) is 0 Å². The maximum atomic E-state index is 11.8. The van der Waals surface area contributed by atoms with E-state index in [1.807, 2.05) is 31.2 Å². The third-order valence-corrected chi connectivity index (χ3v) is 3.09. The summed E-state index contributed by atoms with van der Waals surface area (Å²) in [6.07, 6.45) is 0. The summed E-state index contributed by atoms with van der Waals surface area (Å²) in [6, 6.07) is 6.31. The van der Waals surface area contributed by atoms with Crippen molar-refractivity contribution in [2.45, 2.75) is 40.3 Å². The predicted molar refractivity (Wildman–Crippen MR) is 77.4 cm³/mol. The molecule has 5 heteroatoms. The molecule has 3 N–H and O–H groups in total. The van der Waals surface area contributed by atoms with E-state index in [1.54, 1.807) is 20.8 Å². The summed E-state index contributed by atoms with van der Waals surface area (Å²) in [5, 5.41) is 14.3. The van der Waals surface area contributed by atoms with E-state index in [0.717, 1.165) is 11.1 Å². The molecule has 110 valence electrons. The average molecular weight is 278 g/mol. The third-order valence-electron chi connectivity index (χ3n) is 3.09. The van der Waals surface area contributed by atoms with E-state index in [9.17, 15) is 9.59 Å². The zero-order chi connectivity index (χ0) is 15.3. The number of aryl methyl sites for hydroxylation is 1. The number of urea groups is 1. The third kappa shape index (κ3) is 4.57. The van der Waals surface area contributed by atoms with Crippen LogP contribution in [0.2, 0.25) is 0 Å². The van der Waals surface area contributed by atoms with Crippen molar-refractivity contribution in [1.29, 1.82) is 0 Å². The lowest BCUT2D eigenvalue weighted by atomic mass is 9.87. The summed E-state index contributed by atoms with van der Waals surface area (Å²) in [7, 11) is 0. The van der Waals surface area contributed by atoms with E-state index < -0.39 is 23.5 Å². The van der Waals surface area contributed by atoms with Crippen molar-refractivity contribution < 1.29 is 14.7 Å². The molecular weight excluding hydrogens is 256 g/mol. The Kier molecular flexibility index (Phi) is 5.13. The summed E-state index contributed by atoms with van der Waals surface area (Å²) in [4.78, 5) is 23.0. The van der Waals surface area contributed by atoms with Crippen LogP contribution in [0.5, 0.6) is 0 Å². The molecule has 0 aromatic heterocycles. The molecule has 1 aromatic carbocycles. The Morgan fingerprint density at radius 2 is 1.85 bits per heavy atom. The maximum absolute atomic E-state index is 11.8. The fraction of sp³-hybridized carbons (Fsp3) is 0.467. The van der Waals surface area contributed by atoms with Crippen molar-refractivity contribution in [3.05, 3.63) is 35.4 Å². The van der Waals surface area contributed by atoms with E-state index in [-0.39, 0.29) is 0 Å². The predicted octanol–water partition coefficient (Wildman–Crippen LogP) is 2.29. The normalized spacial score (nSPS) is 12.6. The van der Waals surface area contributed by atoms with Crippen LogP contribution in [0.25, 0.3) is 0 Å². The van der Waals surface area contributed by atoms with Gasteiger partial charge >= 0.3 is 12.0 Å². The minimum Gasteiger partial charge on any atom is -0.480 e. The summed E-state index contributed by atoms with van der Waals surface area (Å²) in [5.41, 5.74) is 1.54. The Balaban J connectivity index is 2.60. The van der Waals surface area contributed by atoms with Gasteiger partial charge in [-0.25, -0.2) is 9.59 Å². The van der Waals surface area contributed by atoms with E-state index >= 15 is 0 Å². The highest BCUT2D eigenvalue weighted by Gasteiger charge is 2.32. The summed E-state index contributed by atoms with van der Waals surface area (Å²) in [5.74, 6) is -1.04. The van der Waals surface area contributed by atoms with Crippen molar-refractivity contribution in [2.24, 2.45) is 5.41 Å². The van der Waals surface area contributed by atoms with Gasteiger partial charge in [-0.15, -0.1) is 0 Å². The summed E-state index contributed by atoms with van der Waals surface area (Å²) < 4.78 is 0. The first kappa shape index (κ1) is 16.0. The number of hydrogen-bond acceptors (Lipinski definition) is 2. The second-order valence-electron chi connectivity index (χ2n) is 5.89. The minimum atomic E-state index is -1.04. The smallest absolute Gasteiger partial charge is 0.326 e. The topological polar surface area (TPSA) is 78.4 Å². The molecule has 2 amide bonds. The van der Waals surface area contributed by atoms with E-state index in [2.05, 4.69) is 10.6 Å². The lowest BCUT2D eigenvalue weighted by Gasteiger charge is -2.27. The molecule has 1 atom stereocenters. The highest BCUT2D eigenvalue weighted by Crippen LogP contribution is 2.19. The first-order chi connectivity index (χ1) is 9.21. The van der Waals surface area contributed by atoms with Crippen molar-refractivity contribution in [1.82, 2.24) is 10.6 Å². The Hall–Kier alpha value is -2.04. The number of aliphatic carboxylic acids is 1. The Morgan fingerprint density at radius 1 is 1.25 bits per heavy atom. The van der Waals surface area contributed by atoms with Gasteiger partial charge in [-0.1, -0.05) is 45.0 Å². The van der Waals surface area contributed by atoms with Crippen LogP contribution in [-0.2, 0) is 11.3 Å². The molecule has 0 saturated heterocycles. The zero-order valence-corrected chi connectivity index (χ0v) is 12.4. The van der Waals surface area contributed by atoms with Gasteiger partial charge in [0.1, 0.15) is 6.04 Å². The van der Waals surface area contributed by atoms with Crippen LogP contribution < -0.4 is 10.6 Å². The SMILES string of the molecule is Cc1ccccc1CNC(=O)N[C@@H](C(=O)O)C(C)(C)C. The molecule has 1 rings (SSSR count). The molecule has 0 saturated carbocycles. The Bertz CT molecular complexity index is 492. The average Bonchev–Trinajstić information content (AvgIpc) is 2.33. The van der Waals surface area contributed by atoms with Crippen LogP contribution in [-0.4, -0.2) is 23.1 Å². The first-order valence-electron chi connectivity index (χ1n) is 6.53. The second kappa shape index (κ2) is 6.41. The lowest BCUT2D eigenvalue weighted by molar-refractivity contribution is -0.141. The van der Waals surface area contributed by atoms with Crippen LogP contribution in [0, 0.1) is 12.3 Å². The van der Waals surface area contributed by atoms with Crippen LogP contribution in [0.1, 0.15) is 31.9 Å². The number of amides is 2. The number of nitrogens with one attached hydrogen (secondary N) is 2. The molecule has 0 aliphatic rings. The highest BCUT2D eigenvalue weighted by molar-refractivity contribution is 5.83. The molecule has 20 heavy (non-hydrogen) atoms. The number of carbonyl (C=O) groups excluding carboxylic acids is 1. The van der Waals surface area contributed by atoms with Gasteiger partial charge in [0, 0.05) is 6.54 Å². The van der Waals surface area contributed by atoms with Gasteiger partial charge in [-0.05, 0) is 23.5 Å². The monoisotopic (exact) mass is 278 g/mol. The number of rotatable bonds is 4. The van der Waals surface area contributed by atoms with E-state index in [0.29, 0.717) is 6.54 Å². The number of benzene rings is 1. The molecule has 5 nitrogen and oxygen atoms in total. The lowest BCUT2D eigenvalue weighted by Crippen LogP contribution is -2.52. The fourth-order valence-corrected chi connectivity index (χ4v) is 1.81.